The van der Waals surface area contributed by atoms with Crippen molar-refractivity contribution in [2.75, 3.05) is 0 Å². The Labute approximate surface area is 172 Å². The van der Waals surface area contributed by atoms with Gasteiger partial charge in [0.05, 0.1) is 0 Å². The van der Waals surface area contributed by atoms with Crippen molar-refractivity contribution >= 4 is 28.7 Å². The molecule has 1 aromatic heterocycles. The van der Waals surface area contributed by atoms with E-state index in [1.165, 1.54) is 24.3 Å². The third-order valence-corrected chi connectivity index (χ3v) is 4.69. The summed E-state index contributed by atoms with van der Waals surface area (Å²) in [5.41, 5.74) is 2.36. The first-order chi connectivity index (χ1) is 14.6. The summed E-state index contributed by atoms with van der Waals surface area (Å²) in [6.07, 6.45) is 3.16. The Balaban J connectivity index is 1.62. The van der Waals surface area contributed by atoms with E-state index in [-0.39, 0.29) is 5.78 Å². The maximum atomic E-state index is 13.3. The average Bonchev–Trinajstić information content (AvgIpc) is 3.20. The Morgan fingerprint density at radius 3 is 2.50 bits per heavy atom. The number of benzene rings is 3. The van der Waals surface area contributed by atoms with Crippen LogP contribution in [0.4, 0.5) is 4.39 Å². The number of ketones is 1. The smallest absolute Gasteiger partial charge is 0.331 e. The molecule has 0 aliphatic carbocycles. The number of fused-ring (bicyclic) bond motifs is 1. The fraction of sp³-hybridized carbons (Fsp3) is 0.0400. The van der Waals surface area contributed by atoms with Crippen LogP contribution in [0.25, 0.3) is 17.0 Å². The highest BCUT2D eigenvalue weighted by atomic mass is 19.1. The molecule has 0 radical (unpaired) electrons. The number of esters is 1. The molecule has 0 spiro atoms. The van der Waals surface area contributed by atoms with E-state index in [4.69, 9.17) is 4.74 Å². The molecule has 0 bridgehead atoms. The van der Waals surface area contributed by atoms with Gasteiger partial charge in [-0.1, -0.05) is 60.7 Å². The van der Waals surface area contributed by atoms with Crippen LogP contribution in [-0.2, 0) is 9.53 Å². The number of ether oxygens (including phenoxy) is 1. The van der Waals surface area contributed by atoms with Gasteiger partial charge >= 0.3 is 5.97 Å². The summed E-state index contributed by atoms with van der Waals surface area (Å²) in [4.78, 5) is 28.8. The predicted octanol–water partition coefficient (Wildman–Crippen LogP) is 5.49. The van der Waals surface area contributed by atoms with Gasteiger partial charge in [0, 0.05) is 34.3 Å². The van der Waals surface area contributed by atoms with Crippen LogP contribution in [0, 0.1) is 5.82 Å². The first-order valence-electron chi connectivity index (χ1n) is 9.41. The molecule has 0 aliphatic heterocycles. The van der Waals surface area contributed by atoms with Crippen LogP contribution in [0.2, 0.25) is 0 Å². The van der Waals surface area contributed by atoms with Gasteiger partial charge < -0.3 is 9.72 Å². The van der Waals surface area contributed by atoms with Crippen LogP contribution < -0.4 is 0 Å². The summed E-state index contributed by atoms with van der Waals surface area (Å²) in [7, 11) is 0. The Bertz CT molecular complexity index is 1230. The lowest BCUT2D eigenvalue weighted by Gasteiger charge is -2.16. The molecule has 1 N–H and O–H groups in total. The number of H-pyrrole nitrogens is 1. The van der Waals surface area contributed by atoms with Crippen LogP contribution in [0.15, 0.2) is 91.1 Å². The zero-order valence-corrected chi connectivity index (χ0v) is 15.9. The van der Waals surface area contributed by atoms with E-state index >= 15 is 0 Å². The summed E-state index contributed by atoms with van der Waals surface area (Å²) >= 11 is 0. The SMILES string of the molecule is O=C(/C=C/c1cccc(F)c1)O[C@H](C(=O)c1c[nH]c2ccccc12)c1ccccc1. The third-order valence-electron chi connectivity index (χ3n) is 4.69. The second kappa shape index (κ2) is 8.57. The van der Waals surface area contributed by atoms with Gasteiger partial charge in [0.25, 0.3) is 0 Å². The zero-order valence-electron chi connectivity index (χ0n) is 15.9. The highest BCUT2D eigenvalue weighted by Crippen LogP contribution is 2.27. The topological polar surface area (TPSA) is 59.2 Å². The highest BCUT2D eigenvalue weighted by molar-refractivity contribution is 6.10. The van der Waals surface area contributed by atoms with E-state index in [1.807, 2.05) is 30.3 Å². The number of carbonyl (C=O) groups is 2. The highest BCUT2D eigenvalue weighted by Gasteiger charge is 2.27. The lowest BCUT2D eigenvalue weighted by atomic mass is 9.99. The zero-order chi connectivity index (χ0) is 20.9. The Morgan fingerprint density at radius 1 is 0.933 bits per heavy atom. The molecule has 0 saturated carbocycles. The number of halogens is 1. The molecular formula is C25H18FNO3. The van der Waals surface area contributed by atoms with Gasteiger partial charge in [0.1, 0.15) is 5.82 Å². The maximum absolute atomic E-state index is 13.3. The molecule has 1 atom stereocenters. The molecular weight excluding hydrogens is 381 g/mol. The quantitative estimate of drug-likeness (QED) is 0.265. The van der Waals surface area contributed by atoms with Crippen molar-refractivity contribution in [1.82, 2.24) is 4.98 Å². The number of rotatable bonds is 6. The summed E-state index contributed by atoms with van der Waals surface area (Å²) in [5.74, 6) is -1.42. The molecule has 3 aromatic carbocycles. The molecule has 148 valence electrons. The second-order valence-corrected chi connectivity index (χ2v) is 6.73. The van der Waals surface area contributed by atoms with Crippen LogP contribution in [0.3, 0.4) is 0 Å². The lowest BCUT2D eigenvalue weighted by molar-refractivity contribution is -0.141. The standard InChI is InChI=1S/C25H18FNO3/c26-19-10-6-7-17(15-19)13-14-23(28)30-25(18-8-2-1-3-9-18)24(29)21-16-27-22-12-5-4-11-20(21)22/h1-16,25,27H/b14-13+/t25-/m0/s1. The molecule has 0 aliphatic rings. The number of aromatic amines is 1. The molecule has 5 heteroatoms. The maximum Gasteiger partial charge on any atom is 0.331 e. The second-order valence-electron chi connectivity index (χ2n) is 6.73. The van der Waals surface area contributed by atoms with Gasteiger partial charge in [-0.2, -0.15) is 0 Å². The number of aromatic nitrogens is 1. The van der Waals surface area contributed by atoms with Crippen molar-refractivity contribution in [2.45, 2.75) is 6.10 Å². The molecule has 0 unspecified atom stereocenters. The summed E-state index contributed by atoms with van der Waals surface area (Å²) < 4.78 is 18.9. The van der Waals surface area contributed by atoms with Crippen LogP contribution in [0.1, 0.15) is 27.6 Å². The fourth-order valence-electron chi connectivity index (χ4n) is 3.25. The number of carbonyl (C=O) groups excluding carboxylic acids is 2. The molecule has 1 heterocycles. The van der Waals surface area contributed by atoms with Crippen molar-refractivity contribution in [3.8, 4) is 0 Å². The van der Waals surface area contributed by atoms with Gasteiger partial charge in [-0.3, -0.25) is 4.79 Å². The Hall–Kier alpha value is -3.99. The number of para-hydroxylation sites is 1. The molecule has 30 heavy (non-hydrogen) atoms. The minimum Gasteiger partial charge on any atom is -0.446 e. The van der Waals surface area contributed by atoms with E-state index < -0.39 is 17.9 Å². The summed E-state index contributed by atoms with van der Waals surface area (Å²) in [6, 6.07) is 22.1. The van der Waals surface area contributed by atoms with E-state index in [0.29, 0.717) is 16.7 Å². The molecule has 0 amide bonds. The number of hydrogen-bond donors (Lipinski definition) is 1. The number of Topliss-reactive ketones (excluding diaryl/α,β-unsaturated/α-hetero) is 1. The average molecular weight is 399 g/mol. The molecule has 0 saturated heterocycles. The fourth-order valence-corrected chi connectivity index (χ4v) is 3.25. The Kier molecular flexibility index (Phi) is 5.52. The van der Waals surface area contributed by atoms with Crippen LogP contribution in [-0.4, -0.2) is 16.7 Å². The van der Waals surface area contributed by atoms with Crippen molar-refractivity contribution in [2.24, 2.45) is 0 Å². The lowest BCUT2D eigenvalue weighted by Crippen LogP contribution is -2.19. The van der Waals surface area contributed by atoms with Gasteiger partial charge in [-0.05, 0) is 29.8 Å². The number of hydrogen-bond acceptors (Lipinski definition) is 3. The van der Waals surface area contributed by atoms with E-state index in [1.54, 1.807) is 42.6 Å². The molecule has 4 rings (SSSR count). The monoisotopic (exact) mass is 399 g/mol. The molecule has 0 fully saturated rings. The third kappa shape index (κ3) is 4.20. The minimum atomic E-state index is -1.10. The van der Waals surface area contributed by atoms with Crippen molar-refractivity contribution in [3.05, 3.63) is 114 Å². The minimum absolute atomic E-state index is 0.328. The first-order valence-corrected chi connectivity index (χ1v) is 9.41. The van der Waals surface area contributed by atoms with Gasteiger partial charge in [-0.15, -0.1) is 0 Å². The van der Waals surface area contributed by atoms with Gasteiger partial charge in [0.2, 0.25) is 5.78 Å². The predicted molar refractivity (Wildman–Crippen MR) is 113 cm³/mol. The summed E-state index contributed by atoms with van der Waals surface area (Å²) in [5, 5.41) is 0.759. The largest absolute Gasteiger partial charge is 0.446 e. The van der Waals surface area contributed by atoms with Crippen molar-refractivity contribution < 1.29 is 18.7 Å². The van der Waals surface area contributed by atoms with Crippen molar-refractivity contribution in [3.63, 3.8) is 0 Å². The molecule has 4 aromatic rings. The van der Waals surface area contributed by atoms with E-state index in [0.717, 1.165) is 10.9 Å². The normalized spacial score (nSPS) is 12.2. The Morgan fingerprint density at radius 2 is 1.70 bits per heavy atom. The van der Waals surface area contributed by atoms with Crippen LogP contribution >= 0.6 is 0 Å². The summed E-state index contributed by atoms with van der Waals surface area (Å²) in [6.45, 7) is 0. The first kappa shape index (κ1) is 19.3. The van der Waals surface area contributed by atoms with Gasteiger partial charge in [0.15, 0.2) is 6.10 Å². The van der Waals surface area contributed by atoms with E-state index in [9.17, 15) is 14.0 Å². The van der Waals surface area contributed by atoms with Crippen molar-refractivity contribution in [1.29, 1.82) is 0 Å². The van der Waals surface area contributed by atoms with E-state index in [2.05, 4.69) is 4.98 Å². The van der Waals surface area contributed by atoms with Crippen LogP contribution in [0.5, 0.6) is 0 Å². The number of nitrogens with one attached hydrogen (secondary N) is 1. The molecule has 4 nitrogen and oxygen atoms in total. The van der Waals surface area contributed by atoms with Gasteiger partial charge in [-0.25, -0.2) is 9.18 Å².